The molecule has 8 atom stereocenters. The molecule has 0 aromatic rings. The van der Waals surface area contributed by atoms with Gasteiger partial charge in [0.1, 0.15) is 0 Å². The molecule has 3 aliphatic rings. The lowest BCUT2D eigenvalue weighted by Crippen LogP contribution is -2.66. The largest absolute Gasteiger partial charge is 0.325 e. The fraction of sp³-hybridized carbons (Fsp3) is 0.750. The van der Waals surface area contributed by atoms with Gasteiger partial charge in [0, 0.05) is 5.54 Å². The van der Waals surface area contributed by atoms with E-state index in [1.807, 2.05) is 18.2 Å². The third-order valence-corrected chi connectivity index (χ3v) is 10.4. The third kappa shape index (κ3) is 5.77. The van der Waals surface area contributed by atoms with Gasteiger partial charge in [-0.15, -0.1) is 0 Å². The van der Waals surface area contributed by atoms with Crippen LogP contribution < -0.4 is 5.73 Å². The molecule has 3 rings (SSSR count). The van der Waals surface area contributed by atoms with Crippen molar-refractivity contribution in [2.75, 3.05) is 0 Å². The van der Waals surface area contributed by atoms with E-state index in [2.05, 4.69) is 68.5 Å². The molecule has 0 bridgehead atoms. The van der Waals surface area contributed by atoms with E-state index in [0.717, 1.165) is 24.2 Å². The topological polar surface area (TPSA) is 26.0 Å². The van der Waals surface area contributed by atoms with Crippen LogP contribution in [0, 0.1) is 40.4 Å². The molecule has 3 fully saturated rings. The predicted molar refractivity (Wildman–Crippen MR) is 148 cm³/mol. The Balaban J connectivity index is 0.000000414. The monoisotopic (exact) mass is 453 g/mol. The average Bonchev–Trinajstić information content (AvgIpc) is 2.73. The zero-order valence-corrected chi connectivity index (χ0v) is 23.3. The lowest BCUT2D eigenvalue weighted by Gasteiger charge is -2.67. The molecule has 0 aromatic carbocycles. The molecule has 0 heterocycles. The molecule has 0 aromatic heterocycles. The summed E-state index contributed by atoms with van der Waals surface area (Å²) >= 11 is 0. The van der Waals surface area contributed by atoms with Gasteiger partial charge in [-0.2, -0.15) is 0 Å². The van der Waals surface area contributed by atoms with Gasteiger partial charge in [-0.1, -0.05) is 89.6 Å². The molecule has 1 nitrogen and oxygen atoms in total. The smallest absolute Gasteiger partial charge is 0.0185 e. The Kier molecular flexibility index (Phi) is 9.48. The second-order valence-electron chi connectivity index (χ2n) is 12.8. The number of hydrogen-bond donors (Lipinski definition) is 1. The minimum absolute atomic E-state index is 0.0138. The first-order valence-electron chi connectivity index (χ1n) is 13.7. The number of nitrogens with two attached hydrogens (primary N) is 1. The van der Waals surface area contributed by atoms with Crippen molar-refractivity contribution in [3.05, 3.63) is 48.6 Å². The highest BCUT2D eigenvalue weighted by atomic mass is 14.8. The van der Waals surface area contributed by atoms with Crippen LogP contribution in [0.25, 0.3) is 0 Å². The molecule has 1 heteroatoms. The van der Waals surface area contributed by atoms with Crippen LogP contribution in [0.4, 0.5) is 0 Å². The van der Waals surface area contributed by atoms with Crippen LogP contribution in [0.15, 0.2) is 48.6 Å². The van der Waals surface area contributed by atoms with Crippen molar-refractivity contribution < 1.29 is 0 Å². The molecule has 2 N–H and O–H groups in total. The Morgan fingerprint density at radius 1 is 0.939 bits per heavy atom. The Hall–Kier alpha value is -1.08. The lowest BCUT2D eigenvalue weighted by molar-refractivity contribution is -0.168. The maximum Gasteiger partial charge on any atom is 0.0185 e. The van der Waals surface area contributed by atoms with E-state index in [-0.39, 0.29) is 5.54 Å². The van der Waals surface area contributed by atoms with Gasteiger partial charge < -0.3 is 5.73 Å². The Morgan fingerprint density at radius 3 is 2.15 bits per heavy atom. The van der Waals surface area contributed by atoms with Crippen LogP contribution in [0.2, 0.25) is 0 Å². The maximum absolute atomic E-state index is 6.98. The fourth-order valence-electron chi connectivity index (χ4n) is 8.11. The lowest BCUT2D eigenvalue weighted by atomic mass is 9.38. The quantitative estimate of drug-likeness (QED) is 0.326. The fourth-order valence-corrected chi connectivity index (χ4v) is 8.11. The second kappa shape index (κ2) is 11.1. The minimum Gasteiger partial charge on any atom is -0.325 e. The zero-order valence-electron chi connectivity index (χ0n) is 23.3. The number of allylic oxidation sites excluding steroid dienone is 6. The van der Waals surface area contributed by atoms with Gasteiger partial charge >= 0.3 is 0 Å². The SMILES string of the molecule is C=C(CC)CC1C(C)CCC2C1(C)CCC1C(C)(N)C(C)CCC12C.C=C/C=C/C=C(C)C. The normalized spacial score (nSPS) is 42.4. The van der Waals surface area contributed by atoms with E-state index in [1.54, 1.807) is 6.08 Å². The van der Waals surface area contributed by atoms with Crippen molar-refractivity contribution in [1.29, 1.82) is 0 Å². The van der Waals surface area contributed by atoms with Gasteiger partial charge in [-0.25, -0.2) is 0 Å². The molecule has 0 amide bonds. The van der Waals surface area contributed by atoms with E-state index in [1.165, 1.54) is 56.1 Å². The van der Waals surface area contributed by atoms with Gasteiger partial charge in [0.15, 0.2) is 0 Å². The Bertz CT molecular complexity index is 736. The maximum atomic E-state index is 6.98. The molecule has 3 saturated carbocycles. The van der Waals surface area contributed by atoms with E-state index < -0.39 is 0 Å². The van der Waals surface area contributed by atoms with Crippen LogP contribution in [0.3, 0.4) is 0 Å². The Labute approximate surface area is 207 Å². The highest BCUT2D eigenvalue weighted by molar-refractivity contribution is 5.15. The molecule has 0 spiro atoms. The molecule has 188 valence electrons. The highest BCUT2D eigenvalue weighted by Gasteiger charge is 2.62. The summed E-state index contributed by atoms with van der Waals surface area (Å²) in [6, 6.07) is 0. The van der Waals surface area contributed by atoms with Crippen molar-refractivity contribution in [3.8, 4) is 0 Å². The van der Waals surface area contributed by atoms with E-state index in [0.29, 0.717) is 22.7 Å². The third-order valence-electron chi connectivity index (χ3n) is 10.4. The van der Waals surface area contributed by atoms with Crippen LogP contribution in [-0.4, -0.2) is 5.54 Å². The zero-order chi connectivity index (χ0) is 25.0. The standard InChI is InChI=1S/C24H43N.C8H12/c1-8-16(2)15-19-17(3)9-10-20-22(19,5)14-12-21-23(20,6)13-11-18(4)24(21,7)25;1-4-5-6-7-8(2)3/h17-21H,2,8-15,25H2,1,3-7H3;4-7H,1H2,2-3H3/b;6-5+. The van der Waals surface area contributed by atoms with E-state index in [9.17, 15) is 0 Å². The van der Waals surface area contributed by atoms with Crippen molar-refractivity contribution in [1.82, 2.24) is 0 Å². The molecule has 0 radical (unpaired) electrons. The van der Waals surface area contributed by atoms with Crippen molar-refractivity contribution in [2.24, 2.45) is 46.2 Å². The molecule has 8 unspecified atom stereocenters. The minimum atomic E-state index is 0.0138. The summed E-state index contributed by atoms with van der Waals surface area (Å²) in [7, 11) is 0. The first-order valence-corrected chi connectivity index (χ1v) is 13.7. The molecule has 3 aliphatic carbocycles. The molecular formula is C32H55N. The van der Waals surface area contributed by atoms with E-state index >= 15 is 0 Å². The first-order chi connectivity index (χ1) is 15.3. The second-order valence-corrected chi connectivity index (χ2v) is 12.8. The van der Waals surface area contributed by atoms with Gasteiger partial charge in [0.05, 0.1) is 0 Å². The van der Waals surface area contributed by atoms with Crippen LogP contribution in [0.5, 0.6) is 0 Å². The summed E-state index contributed by atoms with van der Waals surface area (Å²) in [5.74, 6) is 3.87. The van der Waals surface area contributed by atoms with Crippen LogP contribution >= 0.6 is 0 Å². The predicted octanol–water partition coefficient (Wildman–Crippen LogP) is 9.27. The van der Waals surface area contributed by atoms with Gasteiger partial charge in [-0.05, 0) is 106 Å². The van der Waals surface area contributed by atoms with Crippen LogP contribution in [-0.2, 0) is 0 Å². The molecule has 0 saturated heterocycles. The summed E-state index contributed by atoms with van der Waals surface area (Å²) in [5, 5.41) is 0. The number of hydrogen-bond acceptors (Lipinski definition) is 1. The average molecular weight is 454 g/mol. The molecular weight excluding hydrogens is 398 g/mol. The highest BCUT2D eigenvalue weighted by Crippen LogP contribution is 2.68. The number of rotatable bonds is 5. The van der Waals surface area contributed by atoms with Gasteiger partial charge in [0.25, 0.3) is 0 Å². The Morgan fingerprint density at radius 2 is 1.58 bits per heavy atom. The molecule has 0 aliphatic heterocycles. The molecule has 33 heavy (non-hydrogen) atoms. The van der Waals surface area contributed by atoms with Gasteiger partial charge in [-0.3, -0.25) is 0 Å². The van der Waals surface area contributed by atoms with E-state index in [4.69, 9.17) is 5.73 Å². The van der Waals surface area contributed by atoms with Crippen LogP contribution in [0.1, 0.15) is 107 Å². The summed E-state index contributed by atoms with van der Waals surface area (Å²) < 4.78 is 0. The van der Waals surface area contributed by atoms with Gasteiger partial charge in [0.2, 0.25) is 0 Å². The van der Waals surface area contributed by atoms with Crippen molar-refractivity contribution >= 4 is 0 Å². The van der Waals surface area contributed by atoms with Crippen molar-refractivity contribution in [3.63, 3.8) is 0 Å². The summed E-state index contributed by atoms with van der Waals surface area (Å²) in [6.07, 6.45) is 18.3. The van der Waals surface area contributed by atoms with Crippen molar-refractivity contribution in [2.45, 2.75) is 112 Å². The summed E-state index contributed by atoms with van der Waals surface area (Å²) in [5.41, 5.74) is 10.7. The summed E-state index contributed by atoms with van der Waals surface area (Å²) in [4.78, 5) is 0. The summed E-state index contributed by atoms with van der Waals surface area (Å²) in [6.45, 7) is 26.9. The first kappa shape index (κ1) is 28.2. The number of fused-ring (bicyclic) bond motifs is 3.